The Morgan fingerprint density at radius 3 is 2.39 bits per heavy atom. The number of fused-ring (bicyclic) bond motifs is 1. The standard InChI is InChI=1S/C29H21N5O2/c1-2-26(35)32-23-8-3-6-21(16-23)25-10-4-7-22-17-31-28(34-27(22)25)19-11-13-20(14-12-19)29(36)33-24-9-5-15-30-18-24/h2-18H,1H2,(H,32,35)(H,33,36). The highest BCUT2D eigenvalue weighted by Crippen LogP contribution is 2.30. The van der Waals surface area contributed by atoms with Crippen molar-refractivity contribution in [2.24, 2.45) is 0 Å². The number of anilines is 2. The third-order valence-electron chi connectivity index (χ3n) is 5.56. The molecule has 0 atom stereocenters. The molecule has 2 aromatic heterocycles. The number of pyridine rings is 1. The maximum absolute atomic E-state index is 12.6. The van der Waals surface area contributed by atoms with Crippen molar-refractivity contribution in [1.29, 1.82) is 0 Å². The van der Waals surface area contributed by atoms with Crippen LogP contribution in [0.2, 0.25) is 0 Å². The molecule has 0 saturated carbocycles. The fraction of sp³-hybridized carbons (Fsp3) is 0. The molecule has 5 aromatic rings. The van der Waals surface area contributed by atoms with Crippen LogP contribution >= 0.6 is 0 Å². The first-order valence-corrected chi connectivity index (χ1v) is 11.2. The minimum Gasteiger partial charge on any atom is -0.323 e. The van der Waals surface area contributed by atoms with Gasteiger partial charge in [0.1, 0.15) is 0 Å². The van der Waals surface area contributed by atoms with E-state index >= 15 is 0 Å². The van der Waals surface area contributed by atoms with Crippen LogP contribution in [-0.2, 0) is 4.79 Å². The molecule has 3 aromatic carbocycles. The Morgan fingerprint density at radius 2 is 1.61 bits per heavy atom. The van der Waals surface area contributed by atoms with Gasteiger partial charge in [-0.05, 0) is 48.0 Å². The highest BCUT2D eigenvalue weighted by molar-refractivity contribution is 6.04. The summed E-state index contributed by atoms with van der Waals surface area (Å²) in [6, 6.07) is 24.1. The van der Waals surface area contributed by atoms with Gasteiger partial charge in [0.15, 0.2) is 5.82 Å². The molecule has 0 unspecified atom stereocenters. The zero-order valence-electron chi connectivity index (χ0n) is 19.2. The lowest BCUT2D eigenvalue weighted by Crippen LogP contribution is -2.11. The molecular formula is C29H21N5O2. The number of para-hydroxylation sites is 1. The van der Waals surface area contributed by atoms with E-state index in [1.54, 1.807) is 42.9 Å². The fourth-order valence-corrected chi connectivity index (χ4v) is 3.80. The Kier molecular flexibility index (Phi) is 6.27. The monoisotopic (exact) mass is 471 g/mol. The van der Waals surface area contributed by atoms with Gasteiger partial charge in [-0.15, -0.1) is 0 Å². The minimum absolute atomic E-state index is 0.223. The highest BCUT2D eigenvalue weighted by atomic mass is 16.2. The van der Waals surface area contributed by atoms with Crippen molar-refractivity contribution >= 4 is 34.1 Å². The van der Waals surface area contributed by atoms with E-state index in [4.69, 9.17) is 4.98 Å². The number of benzene rings is 3. The van der Waals surface area contributed by atoms with Crippen molar-refractivity contribution in [1.82, 2.24) is 15.0 Å². The van der Waals surface area contributed by atoms with Crippen LogP contribution in [0.5, 0.6) is 0 Å². The van der Waals surface area contributed by atoms with Crippen LogP contribution in [0.1, 0.15) is 10.4 Å². The summed E-state index contributed by atoms with van der Waals surface area (Å²) in [7, 11) is 0. The summed E-state index contributed by atoms with van der Waals surface area (Å²) in [5.41, 5.74) is 5.22. The van der Waals surface area contributed by atoms with Gasteiger partial charge in [0.05, 0.1) is 17.4 Å². The Bertz CT molecular complexity index is 1580. The van der Waals surface area contributed by atoms with Gasteiger partial charge < -0.3 is 10.6 Å². The Hall–Kier alpha value is -5.17. The highest BCUT2D eigenvalue weighted by Gasteiger charge is 2.11. The van der Waals surface area contributed by atoms with Crippen molar-refractivity contribution in [3.05, 3.63) is 116 Å². The van der Waals surface area contributed by atoms with Crippen molar-refractivity contribution in [3.63, 3.8) is 0 Å². The van der Waals surface area contributed by atoms with E-state index in [9.17, 15) is 9.59 Å². The number of carbonyl (C=O) groups is 2. The molecule has 0 spiro atoms. The molecule has 0 aliphatic rings. The van der Waals surface area contributed by atoms with E-state index in [2.05, 4.69) is 27.2 Å². The fourth-order valence-electron chi connectivity index (χ4n) is 3.80. The normalized spacial score (nSPS) is 10.6. The molecular weight excluding hydrogens is 450 g/mol. The van der Waals surface area contributed by atoms with E-state index in [1.165, 1.54) is 6.08 Å². The van der Waals surface area contributed by atoms with Gasteiger partial charge in [-0.2, -0.15) is 0 Å². The zero-order valence-corrected chi connectivity index (χ0v) is 19.2. The van der Waals surface area contributed by atoms with Crippen molar-refractivity contribution in [2.45, 2.75) is 0 Å². The number of rotatable bonds is 6. The first kappa shape index (κ1) is 22.6. The molecule has 7 nitrogen and oxygen atoms in total. The Balaban J connectivity index is 1.45. The van der Waals surface area contributed by atoms with E-state index in [0.29, 0.717) is 22.8 Å². The number of nitrogens with one attached hydrogen (secondary N) is 2. The lowest BCUT2D eigenvalue weighted by molar-refractivity contribution is -0.111. The largest absolute Gasteiger partial charge is 0.323 e. The summed E-state index contributed by atoms with van der Waals surface area (Å²) >= 11 is 0. The molecule has 2 N–H and O–H groups in total. The van der Waals surface area contributed by atoms with Gasteiger partial charge in [0, 0.05) is 40.2 Å². The lowest BCUT2D eigenvalue weighted by atomic mass is 10.0. The molecule has 7 heteroatoms. The molecule has 0 aliphatic carbocycles. The van der Waals surface area contributed by atoms with Gasteiger partial charge in [0.25, 0.3) is 5.91 Å². The van der Waals surface area contributed by atoms with Crippen LogP contribution in [0.4, 0.5) is 11.4 Å². The van der Waals surface area contributed by atoms with E-state index < -0.39 is 0 Å². The molecule has 174 valence electrons. The van der Waals surface area contributed by atoms with Gasteiger partial charge in [-0.1, -0.05) is 49.0 Å². The molecule has 5 rings (SSSR count). The van der Waals surface area contributed by atoms with Crippen LogP contribution in [0.3, 0.4) is 0 Å². The maximum Gasteiger partial charge on any atom is 0.255 e. The predicted molar refractivity (Wildman–Crippen MR) is 141 cm³/mol. The summed E-state index contributed by atoms with van der Waals surface area (Å²) in [6.07, 6.45) is 6.26. The van der Waals surface area contributed by atoms with Crippen LogP contribution in [0.25, 0.3) is 33.4 Å². The van der Waals surface area contributed by atoms with Crippen molar-refractivity contribution < 1.29 is 9.59 Å². The van der Waals surface area contributed by atoms with Crippen LogP contribution < -0.4 is 10.6 Å². The van der Waals surface area contributed by atoms with Crippen LogP contribution in [0.15, 0.2) is 110 Å². The number of aromatic nitrogens is 3. The van der Waals surface area contributed by atoms with Gasteiger partial charge in [-0.3, -0.25) is 14.6 Å². The number of hydrogen-bond donors (Lipinski definition) is 2. The third-order valence-corrected chi connectivity index (χ3v) is 5.56. The molecule has 2 amide bonds. The van der Waals surface area contributed by atoms with Crippen LogP contribution in [0, 0.1) is 0 Å². The predicted octanol–water partition coefficient (Wildman–Crippen LogP) is 5.74. The van der Waals surface area contributed by atoms with Gasteiger partial charge in [-0.25, -0.2) is 9.97 Å². The number of hydrogen-bond acceptors (Lipinski definition) is 5. The maximum atomic E-state index is 12.6. The second-order valence-electron chi connectivity index (χ2n) is 7.98. The quantitative estimate of drug-likeness (QED) is 0.308. The minimum atomic E-state index is -0.271. The Morgan fingerprint density at radius 1 is 0.806 bits per heavy atom. The van der Waals surface area contributed by atoms with Gasteiger partial charge >= 0.3 is 0 Å². The second-order valence-corrected chi connectivity index (χ2v) is 7.98. The molecule has 0 fully saturated rings. The SMILES string of the molecule is C=CC(=O)Nc1cccc(-c2cccc3cnc(-c4ccc(C(=O)Nc5cccnc5)cc4)nc23)c1. The Labute approximate surface area is 207 Å². The summed E-state index contributed by atoms with van der Waals surface area (Å²) in [6.45, 7) is 3.50. The molecule has 2 heterocycles. The molecule has 0 radical (unpaired) electrons. The molecule has 0 saturated heterocycles. The second kappa shape index (κ2) is 9.99. The zero-order chi connectivity index (χ0) is 24.9. The van der Waals surface area contributed by atoms with Gasteiger partial charge in [0.2, 0.25) is 5.91 Å². The average Bonchev–Trinajstić information content (AvgIpc) is 2.93. The van der Waals surface area contributed by atoms with Crippen molar-refractivity contribution in [3.8, 4) is 22.5 Å². The molecule has 0 bridgehead atoms. The van der Waals surface area contributed by atoms with E-state index in [-0.39, 0.29) is 11.8 Å². The number of nitrogens with zero attached hydrogens (tertiary/aromatic N) is 3. The summed E-state index contributed by atoms with van der Waals surface area (Å²) < 4.78 is 0. The third kappa shape index (κ3) is 4.85. The first-order chi connectivity index (χ1) is 17.6. The number of carbonyl (C=O) groups excluding carboxylic acids is 2. The average molecular weight is 472 g/mol. The molecule has 36 heavy (non-hydrogen) atoms. The number of amides is 2. The smallest absolute Gasteiger partial charge is 0.255 e. The summed E-state index contributed by atoms with van der Waals surface area (Å²) in [5.74, 6) is 0.0530. The van der Waals surface area contributed by atoms with Crippen molar-refractivity contribution in [2.75, 3.05) is 10.6 Å². The molecule has 0 aliphatic heterocycles. The van der Waals surface area contributed by atoms with E-state index in [0.717, 1.165) is 27.6 Å². The first-order valence-electron chi connectivity index (χ1n) is 11.2. The van der Waals surface area contributed by atoms with Crippen LogP contribution in [-0.4, -0.2) is 26.8 Å². The topological polar surface area (TPSA) is 96.9 Å². The van der Waals surface area contributed by atoms with E-state index in [1.807, 2.05) is 54.6 Å². The lowest BCUT2D eigenvalue weighted by Gasteiger charge is -2.10. The summed E-state index contributed by atoms with van der Waals surface area (Å²) in [4.78, 5) is 37.7. The summed E-state index contributed by atoms with van der Waals surface area (Å²) in [5, 5.41) is 6.51.